The van der Waals surface area contributed by atoms with Crippen molar-refractivity contribution in [1.29, 1.82) is 0 Å². The van der Waals surface area contributed by atoms with Gasteiger partial charge >= 0.3 is 0 Å². The van der Waals surface area contributed by atoms with Crippen molar-refractivity contribution in [2.24, 2.45) is 0 Å². The van der Waals surface area contributed by atoms with E-state index in [0.717, 1.165) is 0 Å². The highest BCUT2D eigenvalue weighted by molar-refractivity contribution is 6.32. The van der Waals surface area contributed by atoms with Gasteiger partial charge in [-0.1, -0.05) is 23.2 Å². The number of carbonyl (C=O) groups is 1. The lowest BCUT2D eigenvalue weighted by molar-refractivity contribution is -0.384. The smallest absolute Gasteiger partial charge is 0.269 e. The Balaban J connectivity index is 2.29. The quantitative estimate of drug-likeness (QED) is 0.537. The average Bonchev–Trinajstić information content (AvgIpc) is 2.61. The van der Waals surface area contributed by atoms with Crippen molar-refractivity contribution < 1.29 is 19.2 Å². The average molecular weight is 399 g/mol. The van der Waals surface area contributed by atoms with Gasteiger partial charge < -0.3 is 14.4 Å². The number of nitrogens with zero attached hydrogens (tertiary/aromatic N) is 2. The molecule has 0 aliphatic heterocycles. The maximum absolute atomic E-state index is 12.7. The molecule has 7 nitrogen and oxygen atoms in total. The zero-order valence-electron chi connectivity index (χ0n) is 14.3. The highest BCUT2D eigenvalue weighted by Crippen LogP contribution is 2.36. The van der Waals surface area contributed by atoms with Gasteiger partial charge in [-0.05, 0) is 23.8 Å². The Morgan fingerprint density at radius 1 is 1.15 bits per heavy atom. The molecule has 2 aromatic rings. The van der Waals surface area contributed by atoms with E-state index >= 15 is 0 Å². The lowest BCUT2D eigenvalue weighted by Gasteiger charge is -2.19. The number of non-ortho nitro benzene ring substituents is 1. The molecule has 0 fully saturated rings. The van der Waals surface area contributed by atoms with Crippen LogP contribution in [0.15, 0.2) is 30.3 Å². The van der Waals surface area contributed by atoms with E-state index < -0.39 is 4.92 Å². The molecular weight excluding hydrogens is 383 g/mol. The number of hydrogen-bond donors (Lipinski definition) is 0. The fraction of sp³-hybridized carbons (Fsp3) is 0.235. The van der Waals surface area contributed by atoms with Crippen molar-refractivity contribution >= 4 is 34.8 Å². The van der Waals surface area contributed by atoms with E-state index in [1.54, 1.807) is 7.05 Å². The van der Waals surface area contributed by atoms with E-state index in [-0.39, 0.29) is 28.7 Å². The van der Waals surface area contributed by atoms with E-state index in [1.165, 1.54) is 49.5 Å². The summed E-state index contributed by atoms with van der Waals surface area (Å²) in [7, 11) is 4.44. The number of hydrogen-bond acceptors (Lipinski definition) is 5. The van der Waals surface area contributed by atoms with Crippen molar-refractivity contribution in [3.63, 3.8) is 0 Å². The van der Waals surface area contributed by atoms with Crippen LogP contribution in [-0.4, -0.2) is 37.0 Å². The highest BCUT2D eigenvalue weighted by Gasteiger charge is 2.19. The van der Waals surface area contributed by atoms with E-state index in [2.05, 4.69) is 0 Å². The molecule has 0 radical (unpaired) electrons. The number of carbonyl (C=O) groups excluding carboxylic acids is 1. The molecule has 1 amide bonds. The second-order valence-corrected chi connectivity index (χ2v) is 6.20. The van der Waals surface area contributed by atoms with Crippen molar-refractivity contribution in [3.8, 4) is 11.5 Å². The summed E-state index contributed by atoms with van der Waals surface area (Å²) in [5, 5.41) is 11.5. The third-order valence-corrected chi connectivity index (χ3v) is 4.32. The predicted molar refractivity (Wildman–Crippen MR) is 98.5 cm³/mol. The van der Waals surface area contributed by atoms with Crippen LogP contribution in [0, 0.1) is 10.1 Å². The maximum Gasteiger partial charge on any atom is 0.269 e. The van der Waals surface area contributed by atoms with E-state index in [9.17, 15) is 14.9 Å². The van der Waals surface area contributed by atoms with E-state index in [4.69, 9.17) is 32.7 Å². The highest BCUT2D eigenvalue weighted by atomic mass is 35.5. The van der Waals surface area contributed by atoms with Crippen molar-refractivity contribution in [2.45, 2.75) is 6.54 Å². The Morgan fingerprint density at radius 2 is 1.85 bits per heavy atom. The summed E-state index contributed by atoms with van der Waals surface area (Å²) < 4.78 is 10.3. The first-order valence-corrected chi connectivity index (χ1v) is 8.13. The number of benzene rings is 2. The van der Waals surface area contributed by atoms with Gasteiger partial charge in [0, 0.05) is 36.3 Å². The second kappa shape index (κ2) is 8.25. The fourth-order valence-corrected chi connectivity index (χ4v) is 2.85. The Hall–Kier alpha value is -2.51. The summed E-state index contributed by atoms with van der Waals surface area (Å²) >= 11 is 12.2. The summed E-state index contributed by atoms with van der Waals surface area (Å²) in [5.74, 6) is 0.302. The minimum Gasteiger partial charge on any atom is -0.493 e. The van der Waals surface area contributed by atoms with Crippen molar-refractivity contribution in [1.82, 2.24) is 4.90 Å². The molecule has 2 aromatic carbocycles. The standard InChI is InChI=1S/C17H16Cl2N2O5/c1-20(9-11-6-12(21(23)24)4-5-13(11)18)17(22)10-7-14(19)16(26-3)15(8-10)25-2/h4-8H,9H2,1-3H3. The number of nitro groups is 1. The molecule has 0 N–H and O–H groups in total. The largest absolute Gasteiger partial charge is 0.493 e. The van der Waals surface area contributed by atoms with Gasteiger partial charge in [-0.15, -0.1) is 0 Å². The number of amides is 1. The van der Waals surface area contributed by atoms with Crippen LogP contribution in [-0.2, 0) is 6.54 Å². The van der Waals surface area contributed by atoms with Gasteiger partial charge in [0.05, 0.1) is 24.2 Å². The van der Waals surface area contributed by atoms with Gasteiger partial charge in [-0.3, -0.25) is 14.9 Å². The van der Waals surface area contributed by atoms with Crippen molar-refractivity contribution in [3.05, 3.63) is 61.6 Å². The van der Waals surface area contributed by atoms with Crippen LogP contribution in [0.2, 0.25) is 10.0 Å². The van der Waals surface area contributed by atoms with Gasteiger partial charge in [0.2, 0.25) is 0 Å². The molecule has 0 unspecified atom stereocenters. The Bertz CT molecular complexity index is 857. The first-order chi connectivity index (χ1) is 12.3. The molecule has 0 saturated heterocycles. The van der Waals surface area contributed by atoms with Crippen molar-refractivity contribution in [2.75, 3.05) is 21.3 Å². The molecule has 0 aliphatic rings. The third kappa shape index (κ3) is 4.17. The topological polar surface area (TPSA) is 81.9 Å². The van der Waals surface area contributed by atoms with Crippen LogP contribution >= 0.6 is 23.2 Å². The predicted octanol–water partition coefficient (Wildman–Crippen LogP) is 4.19. The number of halogens is 2. The SMILES string of the molecule is COc1cc(C(=O)N(C)Cc2cc([N+](=O)[O-])ccc2Cl)cc(Cl)c1OC. The zero-order valence-corrected chi connectivity index (χ0v) is 15.8. The van der Waals surface area contributed by atoms with Crippen LogP contribution in [0.1, 0.15) is 15.9 Å². The first kappa shape index (κ1) is 19.8. The molecule has 2 rings (SSSR count). The van der Waals surface area contributed by atoms with Gasteiger partial charge in [-0.2, -0.15) is 0 Å². The Morgan fingerprint density at radius 3 is 2.42 bits per heavy atom. The minimum absolute atomic E-state index is 0.0886. The molecule has 9 heteroatoms. The zero-order chi connectivity index (χ0) is 19.4. The first-order valence-electron chi connectivity index (χ1n) is 7.38. The molecule has 0 atom stereocenters. The molecular formula is C17H16Cl2N2O5. The van der Waals surface area contributed by atoms with Crippen LogP contribution in [0.3, 0.4) is 0 Å². The summed E-state index contributed by atoms with van der Waals surface area (Å²) in [6.45, 7) is 0.0886. The van der Waals surface area contributed by atoms with Gasteiger partial charge in [0.15, 0.2) is 11.5 Å². The lowest BCUT2D eigenvalue weighted by atomic mass is 10.1. The van der Waals surface area contributed by atoms with Crippen LogP contribution in [0.25, 0.3) is 0 Å². The monoisotopic (exact) mass is 398 g/mol. The summed E-state index contributed by atoms with van der Waals surface area (Å²) in [4.78, 5) is 24.5. The minimum atomic E-state index is -0.518. The summed E-state index contributed by atoms with van der Waals surface area (Å²) in [6.07, 6.45) is 0. The molecule has 0 heterocycles. The summed E-state index contributed by atoms with van der Waals surface area (Å²) in [6, 6.07) is 7.06. The number of nitro benzene ring substituents is 1. The van der Waals surface area contributed by atoms with Gasteiger partial charge in [0.1, 0.15) is 0 Å². The molecule has 0 saturated carbocycles. The number of ether oxygens (including phenoxy) is 2. The number of methoxy groups -OCH3 is 2. The fourth-order valence-electron chi connectivity index (χ4n) is 2.38. The molecule has 0 spiro atoms. The molecule has 0 bridgehead atoms. The third-order valence-electron chi connectivity index (χ3n) is 3.67. The second-order valence-electron chi connectivity index (χ2n) is 5.39. The van der Waals surface area contributed by atoms with Gasteiger partial charge in [0.25, 0.3) is 11.6 Å². The summed E-state index contributed by atoms with van der Waals surface area (Å²) in [5.41, 5.74) is 0.652. The number of rotatable bonds is 6. The van der Waals surface area contributed by atoms with Crippen LogP contribution in [0.4, 0.5) is 5.69 Å². The molecule has 0 aromatic heterocycles. The van der Waals surface area contributed by atoms with Crippen LogP contribution < -0.4 is 9.47 Å². The molecule has 138 valence electrons. The maximum atomic E-state index is 12.7. The Kier molecular flexibility index (Phi) is 6.28. The lowest BCUT2D eigenvalue weighted by Crippen LogP contribution is -2.26. The van der Waals surface area contributed by atoms with E-state index in [1.807, 2.05) is 0 Å². The molecule has 0 aliphatic carbocycles. The van der Waals surface area contributed by atoms with Crippen LogP contribution in [0.5, 0.6) is 11.5 Å². The van der Waals surface area contributed by atoms with Gasteiger partial charge in [-0.25, -0.2) is 0 Å². The molecule has 26 heavy (non-hydrogen) atoms. The Labute approximate surface area is 160 Å². The normalized spacial score (nSPS) is 10.3. The van der Waals surface area contributed by atoms with E-state index in [0.29, 0.717) is 22.1 Å².